The van der Waals surface area contributed by atoms with Crippen molar-refractivity contribution in [1.29, 1.82) is 0 Å². The summed E-state index contributed by atoms with van der Waals surface area (Å²) in [6.07, 6.45) is 0. The Bertz CT molecular complexity index is 298. The Morgan fingerprint density at radius 2 is 2.31 bits per heavy atom. The van der Waals surface area contributed by atoms with Gasteiger partial charge in [0.2, 0.25) is 11.0 Å². The number of rotatable bonds is 3. The molecule has 0 aliphatic carbocycles. The summed E-state index contributed by atoms with van der Waals surface area (Å²) in [6.45, 7) is 3.59. The van der Waals surface area contributed by atoms with Crippen LogP contribution in [-0.4, -0.2) is 28.4 Å². The van der Waals surface area contributed by atoms with Gasteiger partial charge in [0.05, 0.1) is 0 Å². The quantitative estimate of drug-likeness (QED) is 0.741. The van der Waals surface area contributed by atoms with E-state index in [1.165, 1.54) is 11.5 Å². The van der Waals surface area contributed by atoms with Crippen molar-refractivity contribution in [1.82, 2.24) is 14.7 Å². The zero-order valence-electron chi connectivity index (χ0n) is 7.79. The van der Waals surface area contributed by atoms with Crippen molar-refractivity contribution < 1.29 is 4.79 Å². The fourth-order valence-corrected chi connectivity index (χ4v) is 1.48. The summed E-state index contributed by atoms with van der Waals surface area (Å²) in [5.74, 6) is 0.657. The molecule has 0 aliphatic heterocycles. The Labute approximate surface area is 80.7 Å². The van der Waals surface area contributed by atoms with E-state index in [0.717, 1.165) is 5.82 Å². The van der Waals surface area contributed by atoms with Crippen molar-refractivity contribution in [2.75, 3.05) is 12.4 Å². The molecule has 5 nitrogen and oxygen atoms in total. The number of hydrogen-bond acceptors (Lipinski definition) is 5. The minimum atomic E-state index is -0.280. The second-order valence-electron chi connectivity index (χ2n) is 2.63. The molecule has 0 bridgehead atoms. The van der Waals surface area contributed by atoms with Crippen LogP contribution in [0.3, 0.4) is 0 Å². The second kappa shape index (κ2) is 4.18. The number of nitrogens with one attached hydrogen (secondary N) is 2. The molecule has 1 aromatic rings. The van der Waals surface area contributed by atoms with Crippen LogP contribution in [0.4, 0.5) is 5.13 Å². The highest BCUT2D eigenvalue weighted by molar-refractivity contribution is 7.09. The lowest BCUT2D eigenvalue weighted by Gasteiger charge is -2.09. The second-order valence-corrected chi connectivity index (χ2v) is 3.38. The largest absolute Gasteiger partial charge is 0.357 e. The molecule has 0 spiro atoms. The number of carbonyl (C=O) groups is 1. The van der Waals surface area contributed by atoms with Crippen LogP contribution in [0.15, 0.2) is 0 Å². The Morgan fingerprint density at radius 3 is 2.77 bits per heavy atom. The van der Waals surface area contributed by atoms with Crippen LogP contribution in [0, 0.1) is 6.92 Å². The lowest BCUT2D eigenvalue weighted by Crippen LogP contribution is -2.35. The molecule has 72 valence electrons. The van der Waals surface area contributed by atoms with Gasteiger partial charge in [0.1, 0.15) is 11.9 Å². The molecule has 0 unspecified atom stereocenters. The van der Waals surface area contributed by atoms with E-state index in [2.05, 4.69) is 20.0 Å². The third-order valence-electron chi connectivity index (χ3n) is 1.51. The molecular weight excluding hydrogens is 188 g/mol. The molecule has 0 radical (unpaired) electrons. The maximum absolute atomic E-state index is 11.1. The molecule has 0 aliphatic rings. The van der Waals surface area contributed by atoms with Crippen molar-refractivity contribution in [3.05, 3.63) is 5.82 Å². The third-order valence-corrected chi connectivity index (χ3v) is 2.24. The number of aryl methyl sites for hydroxylation is 1. The number of aromatic nitrogens is 2. The van der Waals surface area contributed by atoms with E-state index < -0.39 is 0 Å². The number of nitrogens with zero attached hydrogens (tertiary/aromatic N) is 2. The number of likely N-dealkylation sites (N-methyl/N-ethyl adjacent to an activating group) is 1. The van der Waals surface area contributed by atoms with Crippen LogP contribution in [0.1, 0.15) is 12.7 Å². The predicted octanol–water partition coefficient (Wildman–Crippen LogP) is 0.393. The molecule has 1 rings (SSSR count). The molecule has 0 aromatic carbocycles. The lowest BCUT2D eigenvalue weighted by atomic mass is 10.3. The zero-order valence-corrected chi connectivity index (χ0v) is 8.60. The van der Waals surface area contributed by atoms with Crippen molar-refractivity contribution in [3.63, 3.8) is 0 Å². The lowest BCUT2D eigenvalue weighted by molar-refractivity contribution is -0.121. The number of amides is 1. The van der Waals surface area contributed by atoms with Crippen molar-refractivity contribution in [2.45, 2.75) is 19.9 Å². The normalized spacial score (nSPS) is 12.2. The molecule has 1 aromatic heterocycles. The van der Waals surface area contributed by atoms with Crippen LogP contribution < -0.4 is 10.6 Å². The smallest absolute Gasteiger partial charge is 0.242 e. The summed E-state index contributed by atoms with van der Waals surface area (Å²) in [4.78, 5) is 15.2. The highest BCUT2D eigenvalue weighted by Crippen LogP contribution is 2.11. The average molecular weight is 200 g/mol. The van der Waals surface area contributed by atoms with Crippen molar-refractivity contribution in [3.8, 4) is 0 Å². The fraction of sp³-hybridized carbons (Fsp3) is 0.571. The van der Waals surface area contributed by atoms with Gasteiger partial charge in [-0.3, -0.25) is 4.79 Å². The topological polar surface area (TPSA) is 66.9 Å². The number of carbonyl (C=O) groups excluding carboxylic acids is 1. The summed E-state index contributed by atoms with van der Waals surface area (Å²) in [7, 11) is 1.60. The van der Waals surface area contributed by atoms with E-state index in [1.807, 2.05) is 6.92 Å². The molecule has 13 heavy (non-hydrogen) atoms. The zero-order chi connectivity index (χ0) is 9.84. The van der Waals surface area contributed by atoms with Gasteiger partial charge in [-0.25, -0.2) is 4.98 Å². The SMILES string of the molecule is CNC(=O)[C@@H](C)Nc1nc(C)ns1. The Hall–Kier alpha value is -1.17. The molecule has 1 amide bonds. The van der Waals surface area contributed by atoms with E-state index in [4.69, 9.17) is 0 Å². The Balaban J connectivity index is 2.54. The van der Waals surface area contributed by atoms with Gasteiger partial charge in [0.25, 0.3) is 0 Å². The van der Waals surface area contributed by atoms with Crippen LogP contribution in [-0.2, 0) is 4.79 Å². The summed E-state index contributed by atoms with van der Waals surface area (Å²) < 4.78 is 3.99. The Kier molecular flexibility index (Phi) is 3.18. The summed E-state index contributed by atoms with van der Waals surface area (Å²) in [5, 5.41) is 6.17. The molecular formula is C7H12N4OS. The van der Waals surface area contributed by atoms with Crippen LogP contribution in [0.25, 0.3) is 0 Å². The fourth-order valence-electron chi connectivity index (χ4n) is 0.823. The molecule has 2 N–H and O–H groups in total. The van der Waals surface area contributed by atoms with Gasteiger partial charge in [-0.1, -0.05) is 0 Å². The van der Waals surface area contributed by atoms with E-state index in [9.17, 15) is 4.79 Å². The first-order chi connectivity index (χ1) is 6.13. The van der Waals surface area contributed by atoms with Gasteiger partial charge in [0, 0.05) is 18.6 Å². The highest BCUT2D eigenvalue weighted by atomic mass is 32.1. The molecule has 1 heterocycles. The average Bonchev–Trinajstić information content (AvgIpc) is 2.49. The summed E-state index contributed by atoms with van der Waals surface area (Å²) >= 11 is 1.25. The number of anilines is 1. The first-order valence-electron chi connectivity index (χ1n) is 3.92. The van der Waals surface area contributed by atoms with E-state index >= 15 is 0 Å². The van der Waals surface area contributed by atoms with Gasteiger partial charge in [-0.15, -0.1) is 0 Å². The van der Waals surface area contributed by atoms with Crippen LogP contribution >= 0.6 is 11.5 Å². The van der Waals surface area contributed by atoms with Gasteiger partial charge in [0.15, 0.2) is 0 Å². The minimum absolute atomic E-state index is 0.0622. The van der Waals surface area contributed by atoms with Crippen LogP contribution in [0.5, 0.6) is 0 Å². The summed E-state index contributed by atoms with van der Waals surface area (Å²) in [6, 6.07) is -0.280. The van der Waals surface area contributed by atoms with Crippen molar-refractivity contribution in [2.24, 2.45) is 0 Å². The Morgan fingerprint density at radius 1 is 1.62 bits per heavy atom. The molecule has 0 saturated carbocycles. The molecule has 0 saturated heterocycles. The maximum atomic E-state index is 11.1. The van der Waals surface area contributed by atoms with E-state index in [0.29, 0.717) is 5.13 Å². The monoisotopic (exact) mass is 200 g/mol. The highest BCUT2D eigenvalue weighted by Gasteiger charge is 2.11. The minimum Gasteiger partial charge on any atom is -0.357 e. The molecule has 0 fully saturated rings. The first kappa shape index (κ1) is 9.91. The third kappa shape index (κ3) is 2.66. The van der Waals surface area contributed by atoms with Gasteiger partial charge < -0.3 is 10.6 Å². The predicted molar refractivity (Wildman–Crippen MR) is 51.8 cm³/mol. The van der Waals surface area contributed by atoms with Gasteiger partial charge in [-0.2, -0.15) is 4.37 Å². The van der Waals surface area contributed by atoms with Crippen LogP contribution in [0.2, 0.25) is 0 Å². The van der Waals surface area contributed by atoms with E-state index in [1.54, 1.807) is 14.0 Å². The number of hydrogen-bond donors (Lipinski definition) is 2. The van der Waals surface area contributed by atoms with Gasteiger partial charge in [-0.05, 0) is 13.8 Å². The van der Waals surface area contributed by atoms with Gasteiger partial charge >= 0.3 is 0 Å². The molecule has 1 atom stereocenters. The van der Waals surface area contributed by atoms with Crippen molar-refractivity contribution >= 4 is 22.6 Å². The summed E-state index contributed by atoms with van der Waals surface area (Å²) in [5.41, 5.74) is 0. The van der Waals surface area contributed by atoms with E-state index in [-0.39, 0.29) is 11.9 Å². The first-order valence-corrected chi connectivity index (χ1v) is 4.69. The molecule has 6 heteroatoms. The maximum Gasteiger partial charge on any atom is 0.242 e. The standard InChI is InChI=1S/C7H12N4OS/c1-4(6(12)8-3)9-7-10-5(2)11-13-7/h4H,1-3H3,(H,8,12)(H,9,10,11)/t4-/m1/s1.